The summed E-state index contributed by atoms with van der Waals surface area (Å²) in [6, 6.07) is 0. The van der Waals surface area contributed by atoms with Crippen molar-refractivity contribution in [2.45, 2.75) is 0 Å². The Morgan fingerprint density at radius 3 is 2.58 bits per heavy atom. The molecule has 0 saturated heterocycles. The van der Waals surface area contributed by atoms with Crippen LogP contribution in [0.1, 0.15) is 0 Å². The molecule has 0 aromatic rings. The van der Waals surface area contributed by atoms with Gasteiger partial charge in [-0.15, -0.1) is 11.8 Å². The Morgan fingerprint density at radius 1 is 1.42 bits per heavy atom. The van der Waals surface area contributed by atoms with Crippen molar-refractivity contribution in [3.63, 3.8) is 0 Å². The van der Waals surface area contributed by atoms with Crippen LogP contribution < -0.4 is 11.1 Å². The zero-order valence-electron chi connectivity index (χ0n) is 6.54. The quantitative estimate of drug-likeness (QED) is 0.513. The first-order chi connectivity index (χ1) is 5.66. The molecule has 6 heteroatoms. The van der Waals surface area contributed by atoms with Crippen LogP contribution in [0.2, 0.25) is 0 Å². The van der Waals surface area contributed by atoms with Gasteiger partial charge in [0.05, 0.1) is 12.3 Å². The van der Waals surface area contributed by atoms with Gasteiger partial charge >= 0.3 is 5.97 Å². The molecule has 0 unspecified atom stereocenters. The number of nitrogens with one attached hydrogen (secondary N) is 1. The molecule has 0 aliphatic rings. The van der Waals surface area contributed by atoms with Crippen molar-refractivity contribution < 1.29 is 14.7 Å². The predicted octanol–water partition coefficient (Wildman–Crippen LogP) is -1.25. The molecule has 1 amide bonds. The Hall–Kier alpha value is -0.750. The molecule has 0 spiro atoms. The minimum absolute atomic E-state index is 0.0366. The molecule has 0 aliphatic heterocycles. The summed E-state index contributed by atoms with van der Waals surface area (Å²) in [6.07, 6.45) is 0. The lowest BCUT2D eigenvalue weighted by molar-refractivity contribution is -0.139. The summed E-state index contributed by atoms with van der Waals surface area (Å²) in [6.45, 7) is 0.402. The second-order valence-electron chi connectivity index (χ2n) is 1.98. The first-order valence-corrected chi connectivity index (χ1v) is 4.56. The van der Waals surface area contributed by atoms with E-state index in [-0.39, 0.29) is 18.2 Å². The lowest BCUT2D eigenvalue weighted by Gasteiger charge is -2.00. The Bertz CT molecular complexity index is 163. The number of carbonyl (C=O) groups excluding carboxylic acids is 2. The Balaban J connectivity index is 3.11. The lowest BCUT2D eigenvalue weighted by Crippen LogP contribution is -2.31. The fourth-order valence-electron chi connectivity index (χ4n) is 0.490. The molecule has 0 rings (SSSR count). The second kappa shape index (κ2) is 6.93. The van der Waals surface area contributed by atoms with Gasteiger partial charge in [-0.3, -0.25) is 4.79 Å². The molecule has 3 N–H and O–H groups in total. The maximum absolute atomic E-state index is 10.5. The van der Waals surface area contributed by atoms with Gasteiger partial charge in [-0.05, 0) is 0 Å². The monoisotopic (exact) mass is 191 g/mol. The molecule has 5 nitrogen and oxygen atoms in total. The largest absolute Gasteiger partial charge is 0.365 e. The summed E-state index contributed by atoms with van der Waals surface area (Å²) < 4.78 is 0. The van der Waals surface area contributed by atoms with Crippen LogP contribution >= 0.6 is 11.8 Å². The molecule has 0 heterocycles. The van der Waals surface area contributed by atoms with Crippen molar-refractivity contribution in [2.24, 2.45) is 5.73 Å². The molecule has 0 aromatic carbocycles. The number of amides is 1. The fraction of sp³-hybridized carbons (Fsp3) is 0.667. The summed E-state index contributed by atoms with van der Waals surface area (Å²) >= 11 is 1.20. The smallest absolute Gasteiger partial charge is 0.354 e. The molecule has 0 aromatic heterocycles. The van der Waals surface area contributed by atoms with E-state index in [1.165, 1.54) is 11.8 Å². The number of nitrogens with two attached hydrogens (primary N) is 1. The van der Waals surface area contributed by atoms with Crippen molar-refractivity contribution in [3.8, 4) is 0 Å². The highest BCUT2D eigenvalue weighted by atomic mass is 32.2. The molecule has 0 fully saturated rings. The van der Waals surface area contributed by atoms with Crippen LogP contribution in [0.25, 0.3) is 0 Å². The van der Waals surface area contributed by atoms with E-state index in [0.717, 1.165) is 0 Å². The third-order valence-corrected chi connectivity index (χ3v) is 1.91. The van der Waals surface area contributed by atoms with Gasteiger partial charge in [0.1, 0.15) is 0 Å². The van der Waals surface area contributed by atoms with Gasteiger partial charge in [-0.1, -0.05) is 0 Å². The Kier molecular flexibility index (Phi) is 6.50. The number of rotatable bonds is 6. The van der Waals surface area contributed by atoms with E-state index in [2.05, 4.69) is 5.32 Å². The van der Waals surface area contributed by atoms with Crippen LogP contribution in [0, 0.1) is 0 Å². The molecule has 0 atom stereocenters. The first kappa shape index (κ1) is 11.2. The number of carbonyl (C=O) groups is 2. The van der Waals surface area contributed by atoms with Gasteiger partial charge < -0.3 is 11.1 Å². The summed E-state index contributed by atoms with van der Waals surface area (Å²) in [4.78, 5) is 20.4. The molecular formula is C6H11N2O3S. The van der Waals surface area contributed by atoms with Crippen LogP contribution in [0.3, 0.4) is 0 Å². The van der Waals surface area contributed by atoms with E-state index in [4.69, 9.17) is 5.73 Å². The average Bonchev–Trinajstić information content (AvgIpc) is 2.03. The minimum atomic E-state index is -1.09. The molecule has 12 heavy (non-hydrogen) atoms. The van der Waals surface area contributed by atoms with Gasteiger partial charge in [0, 0.05) is 12.3 Å². The van der Waals surface area contributed by atoms with Gasteiger partial charge in [0.2, 0.25) is 5.91 Å². The van der Waals surface area contributed by atoms with Crippen LogP contribution in [0.4, 0.5) is 0 Å². The van der Waals surface area contributed by atoms with Crippen LogP contribution in [-0.2, 0) is 14.7 Å². The predicted molar refractivity (Wildman–Crippen MR) is 45.1 cm³/mol. The first-order valence-electron chi connectivity index (χ1n) is 3.41. The third kappa shape index (κ3) is 7.36. The minimum Gasteiger partial charge on any atom is -0.354 e. The molecule has 0 saturated carbocycles. The van der Waals surface area contributed by atoms with Crippen molar-refractivity contribution in [1.82, 2.24) is 5.32 Å². The topological polar surface area (TPSA) is 92.1 Å². The van der Waals surface area contributed by atoms with Crippen LogP contribution in [0.15, 0.2) is 0 Å². The molecule has 69 valence electrons. The summed E-state index contributed by atoms with van der Waals surface area (Å²) in [7, 11) is 0. The van der Waals surface area contributed by atoms with Gasteiger partial charge in [-0.2, -0.15) is 0 Å². The zero-order valence-corrected chi connectivity index (χ0v) is 7.36. The van der Waals surface area contributed by atoms with E-state index >= 15 is 0 Å². The highest BCUT2D eigenvalue weighted by Crippen LogP contribution is 1.96. The Morgan fingerprint density at radius 2 is 2.08 bits per heavy atom. The summed E-state index contributed by atoms with van der Waals surface area (Å²) in [5.41, 5.74) is 5.01. The zero-order chi connectivity index (χ0) is 9.40. The van der Waals surface area contributed by atoms with E-state index in [1.807, 2.05) is 0 Å². The van der Waals surface area contributed by atoms with Crippen LogP contribution in [0.5, 0.6) is 0 Å². The number of thioether (sulfide) groups is 1. The van der Waals surface area contributed by atoms with Gasteiger partial charge in [-0.25, -0.2) is 9.90 Å². The highest BCUT2D eigenvalue weighted by Gasteiger charge is 1.99. The summed E-state index contributed by atoms with van der Waals surface area (Å²) in [5, 5.41) is 12.4. The van der Waals surface area contributed by atoms with E-state index in [0.29, 0.717) is 12.3 Å². The third-order valence-electron chi connectivity index (χ3n) is 0.974. The van der Waals surface area contributed by atoms with Gasteiger partial charge in [0.25, 0.3) is 0 Å². The molecular weight excluding hydrogens is 180 g/mol. The van der Waals surface area contributed by atoms with Crippen molar-refractivity contribution in [1.29, 1.82) is 0 Å². The standard InChI is InChI=1S/C6H11N2O3S/c7-3-5(9)8-1-2-12-4-6(10)11/h1-4,7H2,(H,8,9). The van der Waals surface area contributed by atoms with Crippen molar-refractivity contribution >= 4 is 23.6 Å². The number of hydrogen-bond acceptors (Lipinski definition) is 4. The van der Waals surface area contributed by atoms with Crippen LogP contribution in [-0.4, -0.2) is 36.5 Å². The molecule has 1 radical (unpaired) electrons. The summed E-state index contributed by atoms with van der Waals surface area (Å²) in [5.74, 6) is -0.813. The average molecular weight is 191 g/mol. The fourth-order valence-corrected chi connectivity index (χ4v) is 1.05. The molecule has 0 aliphatic carbocycles. The van der Waals surface area contributed by atoms with Gasteiger partial charge in [0.15, 0.2) is 0 Å². The number of hydrogen-bond donors (Lipinski definition) is 2. The highest BCUT2D eigenvalue weighted by molar-refractivity contribution is 7.99. The molecule has 0 bridgehead atoms. The normalized spacial score (nSPS) is 9.42. The van der Waals surface area contributed by atoms with E-state index in [1.54, 1.807) is 0 Å². The maximum Gasteiger partial charge on any atom is 0.365 e. The second-order valence-corrected chi connectivity index (χ2v) is 3.08. The maximum atomic E-state index is 10.5. The Labute approximate surface area is 74.7 Å². The SMILES string of the molecule is NCC(=O)NCCSCC([O])=O. The van der Waals surface area contributed by atoms with E-state index < -0.39 is 5.97 Å². The lowest BCUT2D eigenvalue weighted by atomic mass is 10.6. The van der Waals surface area contributed by atoms with E-state index in [9.17, 15) is 14.7 Å². The van der Waals surface area contributed by atoms with Crippen molar-refractivity contribution in [2.75, 3.05) is 24.6 Å². The van der Waals surface area contributed by atoms with Crippen molar-refractivity contribution in [3.05, 3.63) is 0 Å².